The average Bonchev–Trinajstić information content (AvgIpc) is 2.64. The van der Waals surface area contributed by atoms with Crippen LogP contribution >= 0.6 is 11.8 Å². The summed E-state index contributed by atoms with van der Waals surface area (Å²) < 4.78 is 5.79. The summed E-state index contributed by atoms with van der Waals surface area (Å²) >= 11 is 1.17. The van der Waals surface area contributed by atoms with Crippen LogP contribution < -0.4 is 10.6 Å². The molecule has 0 amide bonds. The van der Waals surface area contributed by atoms with E-state index in [1.807, 2.05) is 6.07 Å². The fourth-order valence-corrected chi connectivity index (χ4v) is 3.38. The second kappa shape index (κ2) is 8.93. The molecular formula is C18H21N5O5S. The van der Waals surface area contributed by atoms with Crippen LogP contribution in [0.25, 0.3) is 0 Å². The molecule has 0 spiro atoms. The van der Waals surface area contributed by atoms with E-state index >= 15 is 0 Å². The summed E-state index contributed by atoms with van der Waals surface area (Å²) in [5.41, 5.74) is -0.711. The minimum atomic E-state index is -1.23. The summed E-state index contributed by atoms with van der Waals surface area (Å²) in [5.74, 6) is 3.01. The van der Waals surface area contributed by atoms with Gasteiger partial charge in [0.2, 0.25) is 0 Å². The van der Waals surface area contributed by atoms with E-state index in [4.69, 9.17) is 15.8 Å². The Morgan fingerprint density at radius 1 is 1.52 bits per heavy atom. The van der Waals surface area contributed by atoms with Crippen LogP contribution in [0.4, 0.5) is 0 Å². The minimum Gasteiger partial charge on any atom is -0.481 e. The molecule has 0 aromatic heterocycles. The van der Waals surface area contributed by atoms with Gasteiger partial charge in [-0.25, -0.2) is 15.8 Å². The topological polar surface area (TPSA) is 155 Å². The van der Waals surface area contributed by atoms with Crippen LogP contribution in [-0.2, 0) is 4.79 Å². The minimum absolute atomic E-state index is 0.200. The number of carboxylic acids is 1. The highest BCUT2D eigenvalue weighted by molar-refractivity contribution is 7.99. The van der Waals surface area contributed by atoms with Crippen molar-refractivity contribution in [2.75, 3.05) is 6.26 Å². The van der Waals surface area contributed by atoms with Crippen LogP contribution in [0.15, 0.2) is 34.8 Å². The smallest absolute Gasteiger partial charge is 0.352 e. The molecule has 154 valence electrons. The lowest BCUT2D eigenvalue weighted by molar-refractivity contribution is -0.420. The van der Waals surface area contributed by atoms with E-state index < -0.39 is 33.9 Å². The monoisotopic (exact) mass is 419 g/mol. The molecule has 11 heteroatoms. The summed E-state index contributed by atoms with van der Waals surface area (Å²) in [5, 5.41) is 31.7. The third kappa shape index (κ3) is 4.49. The normalized spacial score (nSPS) is 17.6. The number of rotatable bonds is 7. The van der Waals surface area contributed by atoms with E-state index in [9.17, 15) is 20.0 Å². The number of nitrogens with two attached hydrogens (primary N) is 1. The lowest BCUT2D eigenvalue weighted by atomic mass is 9.89. The SMILES string of the molecule is CSC1N=C(C(C(=O)O)C(C)C)C([N+](=O)[O-])=C(Oc2cc(C#N)ccc2C)N1N. The van der Waals surface area contributed by atoms with Gasteiger partial charge in [-0.3, -0.25) is 14.9 Å². The Bertz CT molecular complexity index is 937. The molecular weight excluding hydrogens is 398 g/mol. The number of hydrazine groups is 1. The van der Waals surface area contributed by atoms with Gasteiger partial charge in [-0.05, 0) is 36.8 Å². The van der Waals surface area contributed by atoms with Gasteiger partial charge in [0.15, 0.2) is 5.50 Å². The van der Waals surface area contributed by atoms with Gasteiger partial charge in [0.1, 0.15) is 17.4 Å². The van der Waals surface area contributed by atoms with Crippen molar-refractivity contribution in [1.29, 1.82) is 5.26 Å². The molecule has 1 aromatic rings. The van der Waals surface area contributed by atoms with Gasteiger partial charge in [-0.15, -0.1) is 11.8 Å². The maximum atomic E-state index is 11.9. The van der Waals surface area contributed by atoms with Crippen molar-refractivity contribution in [3.8, 4) is 11.8 Å². The zero-order valence-electron chi connectivity index (χ0n) is 16.3. The van der Waals surface area contributed by atoms with Gasteiger partial charge in [-0.2, -0.15) is 5.26 Å². The van der Waals surface area contributed by atoms with Gasteiger partial charge in [0.05, 0.1) is 16.6 Å². The van der Waals surface area contributed by atoms with Crippen molar-refractivity contribution in [2.24, 2.45) is 22.7 Å². The number of aliphatic carboxylic acids is 1. The largest absolute Gasteiger partial charge is 0.481 e. The van der Waals surface area contributed by atoms with Crippen molar-refractivity contribution in [2.45, 2.75) is 26.3 Å². The number of carboxylic acid groups (broad SMARTS) is 1. The standard InChI is InChI=1S/C18H21N5O5S/c1-9(2)13(17(24)25)14-15(23(26)27)16(22(20)18(21-14)29-4)28-12-7-11(8-19)6-5-10(12)3/h5-7,9,13,18H,20H2,1-4H3,(H,24,25). The second-order valence-corrected chi connectivity index (χ2v) is 7.54. The summed E-state index contributed by atoms with van der Waals surface area (Å²) in [4.78, 5) is 27.2. The zero-order valence-corrected chi connectivity index (χ0v) is 17.1. The molecule has 1 aliphatic heterocycles. The van der Waals surface area contributed by atoms with E-state index in [0.29, 0.717) is 11.1 Å². The molecule has 0 aliphatic carbocycles. The lowest BCUT2D eigenvalue weighted by Gasteiger charge is -2.32. The molecule has 0 radical (unpaired) electrons. The Balaban J connectivity index is 2.71. The molecule has 0 saturated heterocycles. The molecule has 0 bridgehead atoms. The summed E-state index contributed by atoms with van der Waals surface area (Å²) in [6, 6.07) is 6.63. The number of hydrogen-bond donors (Lipinski definition) is 2. The van der Waals surface area contributed by atoms with Crippen LogP contribution in [-0.4, -0.2) is 38.5 Å². The highest BCUT2D eigenvalue weighted by Crippen LogP contribution is 2.33. The fraction of sp³-hybridized carbons (Fsp3) is 0.389. The molecule has 2 rings (SSSR count). The zero-order chi connectivity index (χ0) is 21.9. The van der Waals surface area contributed by atoms with E-state index in [1.54, 1.807) is 39.2 Å². The van der Waals surface area contributed by atoms with Crippen molar-refractivity contribution in [3.05, 3.63) is 51.0 Å². The highest BCUT2D eigenvalue weighted by Gasteiger charge is 2.44. The summed E-state index contributed by atoms with van der Waals surface area (Å²) in [7, 11) is 0. The Morgan fingerprint density at radius 2 is 2.17 bits per heavy atom. The number of aliphatic imine (C=N–C) groups is 1. The molecule has 1 aromatic carbocycles. The van der Waals surface area contributed by atoms with E-state index in [-0.39, 0.29) is 17.3 Å². The molecule has 3 N–H and O–H groups in total. The van der Waals surface area contributed by atoms with Crippen molar-refractivity contribution >= 4 is 23.4 Å². The van der Waals surface area contributed by atoms with Crippen LogP contribution in [0.1, 0.15) is 25.0 Å². The molecule has 10 nitrogen and oxygen atoms in total. The fourth-order valence-electron chi connectivity index (χ4n) is 2.84. The van der Waals surface area contributed by atoms with Crippen molar-refractivity contribution in [3.63, 3.8) is 0 Å². The average molecular weight is 419 g/mol. The lowest BCUT2D eigenvalue weighted by Crippen LogP contribution is -2.47. The third-order valence-corrected chi connectivity index (χ3v) is 5.07. The molecule has 1 heterocycles. The Hall–Kier alpha value is -3.10. The first-order valence-electron chi connectivity index (χ1n) is 8.57. The number of benzene rings is 1. The molecule has 2 unspecified atom stereocenters. The second-order valence-electron chi connectivity index (χ2n) is 6.65. The Labute approximate surface area is 171 Å². The number of ether oxygens (including phenoxy) is 1. The first-order valence-corrected chi connectivity index (χ1v) is 9.86. The Morgan fingerprint density at radius 3 is 2.66 bits per heavy atom. The van der Waals surface area contributed by atoms with E-state index in [2.05, 4.69) is 4.99 Å². The van der Waals surface area contributed by atoms with Gasteiger partial charge >= 0.3 is 11.7 Å². The molecule has 1 aliphatic rings. The van der Waals surface area contributed by atoms with Crippen LogP contribution in [0.2, 0.25) is 0 Å². The van der Waals surface area contributed by atoms with Gasteiger partial charge in [0.25, 0.3) is 5.88 Å². The van der Waals surface area contributed by atoms with Gasteiger partial charge in [0, 0.05) is 0 Å². The van der Waals surface area contributed by atoms with Gasteiger partial charge < -0.3 is 9.84 Å². The number of nitrogens with zero attached hydrogens (tertiary/aromatic N) is 4. The number of allylic oxidation sites excluding steroid dienone is 1. The van der Waals surface area contributed by atoms with Crippen LogP contribution in [0.3, 0.4) is 0 Å². The summed E-state index contributed by atoms with van der Waals surface area (Å²) in [6.45, 7) is 4.99. The number of nitro groups is 1. The first-order chi connectivity index (χ1) is 13.6. The quantitative estimate of drug-likeness (QED) is 0.385. The Kier molecular flexibility index (Phi) is 6.84. The predicted molar refractivity (Wildman–Crippen MR) is 107 cm³/mol. The number of nitriles is 1. The maximum absolute atomic E-state index is 11.9. The summed E-state index contributed by atoms with van der Waals surface area (Å²) in [6.07, 6.45) is 1.69. The highest BCUT2D eigenvalue weighted by atomic mass is 32.2. The first kappa shape index (κ1) is 22.2. The van der Waals surface area contributed by atoms with Crippen molar-refractivity contribution in [1.82, 2.24) is 5.01 Å². The van der Waals surface area contributed by atoms with Crippen molar-refractivity contribution < 1.29 is 19.6 Å². The number of hydrogen-bond acceptors (Lipinski definition) is 9. The van der Waals surface area contributed by atoms with E-state index in [1.165, 1.54) is 17.8 Å². The molecule has 2 atom stereocenters. The van der Waals surface area contributed by atoms with Crippen LogP contribution in [0, 0.1) is 40.2 Å². The van der Waals surface area contributed by atoms with Crippen LogP contribution in [0.5, 0.6) is 5.75 Å². The molecule has 29 heavy (non-hydrogen) atoms. The number of aryl methyl sites for hydroxylation is 1. The number of thioether (sulfide) groups is 1. The predicted octanol–water partition coefficient (Wildman–Crippen LogP) is 2.33. The number of carbonyl (C=O) groups is 1. The van der Waals surface area contributed by atoms with Gasteiger partial charge in [-0.1, -0.05) is 19.9 Å². The molecule has 0 saturated carbocycles. The maximum Gasteiger partial charge on any atom is 0.352 e. The third-order valence-electron chi connectivity index (χ3n) is 4.31. The van der Waals surface area contributed by atoms with E-state index in [0.717, 1.165) is 5.01 Å². The molecule has 0 fully saturated rings.